The number of nitrogens with zero attached hydrogens (tertiary/aromatic N) is 2. The molecule has 1 atom stereocenters. The summed E-state index contributed by atoms with van der Waals surface area (Å²) in [7, 11) is -1.25. The molecule has 7 nitrogen and oxygen atoms in total. The zero-order valence-electron chi connectivity index (χ0n) is 14.8. The van der Waals surface area contributed by atoms with Gasteiger partial charge in [0.1, 0.15) is 8.46 Å². The zero-order valence-corrected chi connectivity index (χ0v) is 16.0. The van der Waals surface area contributed by atoms with Crippen molar-refractivity contribution in [2.75, 3.05) is 39.4 Å². The van der Waals surface area contributed by atoms with Crippen LogP contribution in [0.25, 0.3) is 0 Å². The van der Waals surface area contributed by atoms with Gasteiger partial charge in [-0.25, -0.2) is 9.69 Å². The van der Waals surface area contributed by atoms with E-state index in [1.807, 2.05) is 30.9 Å². The van der Waals surface area contributed by atoms with Crippen molar-refractivity contribution in [3.05, 3.63) is 35.4 Å². The normalized spacial score (nSPS) is 17.4. The highest BCUT2D eigenvalue weighted by Crippen LogP contribution is 2.32. The highest BCUT2D eigenvalue weighted by molar-refractivity contribution is 7.25. The van der Waals surface area contributed by atoms with Crippen molar-refractivity contribution in [3.63, 3.8) is 0 Å². The van der Waals surface area contributed by atoms with Crippen molar-refractivity contribution in [2.45, 2.75) is 26.0 Å². The van der Waals surface area contributed by atoms with E-state index in [4.69, 9.17) is 14.6 Å². The molecule has 1 aliphatic rings. The summed E-state index contributed by atoms with van der Waals surface area (Å²) >= 11 is 0. The molecule has 1 aromatic rings. The van der Waals surface area contributed by atoms with Crippen molar-refractivity contribution in [2.24, 2.45) is 0 Å². The van der Waals surface area contributed by atoms with Crippen LogP contribution in [0.3, 0.4) is 0 Å². The van der Waals surface area contributed by atoms with Crippen LogP contribution in [0, 0.1) is 0 Å². The monoisotopic (exact) mass is 370 g/mol. The molecular weight excluding hydrogens is 343 g/mol. The summed E-state index contributed by atoms with van der Waals surface area (Å²) in [4.78, 5) is 15.2. The fraction of sp³-hybridized carbons (Fsp3) is 0.588. The molecule has 1 saturated heterocycles. The Morgan fingerprint density at radius 1 is 1.12 bits per heavy atom. The Kier molecular flexibility index (Phi) is 7.59. The van der Waals surface area contributed by atoms with Gasteiger partial charge in [-0.1, -0.05) is 12.1 Å². The average molecular weight is 370 g/mol. The number of piperazine rings is 1. The van der Waals surface area contributed by atoms with Gasteiger partial charge in [-0.3, -0.25) is 4.90 Å². The molecule has 140 valence electrons. The number of hydrogen-bond acceptors (Lipinski definition) is 6. The lowest BCUT2D eigenvalue weighted by Crippen LogP contribution is -2.56. The molecular formula is C17H27N2O5P. The maximum Gasteiger partial charge on any atom is 0.335 e. The summed E-state index contributed by atoms with van der Waals surface area (Å²) in [6.45, 7) is 8.44. The Morgan fingerprint density at radius 2 is 1.68 bits per heavy atom. The lowest BCUT2D eigenvalue weighted by molar-refractivity contribution is -0.259. The lowest BCUT2D eigenvalue weighted by atomic mass is 10.1. The molecule has 1 aromatic carbocycles. The van der Waals surface area contributed by atoms with Crippen LogP contribution in [0.15, 0.2) is 24.3 Å². The van der Waals surface area contributed by atoms with Crippen LogP contribution in [-0.2, 0) is 20.6 Å². The molecule has 8 heteroatoms. The number of benzene rings is 1. The number of carboxylic acid groups (broad SMARTS) is 1. The maximum absolute atomic E-state index is 11.8. The van der Waals surface area contributed by atoms with Gasteiger partial charge in [-0.05, 0) is 31.5 Å². The zero-order chi connectivity index (χ0) is 18.3. The average Bonchev–Trinajstić information content (AvgIpc) is 2.62. The summed E-state index contributed by atoms with van der Waals surface area (Å²) in [6.07, 6.45) is 0. The first-order valence-corrected chi connectivity index (χ1v) is 9.63. The number of carbonyl (C=O) groups is 1. The first kappa shape index (κ1) is 20.1. The fourth-order valence-corrected chi connectivity index (χ4v) is 3.89. The number of ether oxygens (including phenoxy) is 2. The van der Waals surface area contributed by atoms with Crippen LogP contribution in [0.4, 0.5) is 0 Å². The smallest absolute Gasteiger partial charge is 0.335 e. The molecule has 0 amide bonds. The third-order valence-electron chi connectivity index (χ3n) is 4.27. The molecule has 0 saturated carbocycles. The molecule has 1 unspecified atom stereocenters. The van der Waals surface area contributed by atoms with E-state index >= 15 is 0 Å². The molecule has 1 heterocycles. The minimum absolute atomic E-state index is 0.296. The van der Waals surface area contributed by atoms with Crippen LogP contribution in [-0.4, -0.2) is 65.9 Å². The van der Waals surface area contributed by atoms with Gasteiger partial charge in [0.25, 0.3) is 5.65 Å². The Hall–Kier alpha value is -1.24. The van der Waals surface area contributed by atoms with Crippen LogP contribution < -0.4 is 0 Å². The first-order valence-electron chi connectivity index (χ1n) is 8.58. The van der Waals surface area contributed by atoms with Crippen LogP contribution in [0.5, 0.6) is 0 Å². The van der Waals surface area contributed by atoms with E-state index < -0.39 is 20.1 Å². The largest absolute Gasteiger partial charge is 0.478 e. The maximum atomic E-state index is 11.8. The highest BCUT2D eigenvalue weighted by Gasteiger charge is 2.39. The minimum Gasteiger partial charge on any atom is -0.478 e. The van der Waals surface area contributed by atoms with E-state index in [9.17, 15) is 9.36 Å². The molecule has 2 rings (SSSR count). The second-order valence-electron chi connectivity index (χ2n) is 5.88. The molecule has 1 aliphatic heterocycles. The van der Waals surface area contributed by atoms with E-state index in [0.29, 0.717) is 31.9 Å². The number of hydrogen-bond donors (Lipinski definition) is 1. The third-order valence-corrected chi connectivity index (χ3v) is 5.27. The number of rotatable bonds is 9. The summed E-state index contributed by atoms with van der Waals surface area (Å²) in [5.74, 6) is -0.913. The van der Waals surface area contributed by atoms with E-state index in [1.165, 1.54) is 0 Å². The first-order chi connectivity index (χ1) is 12.0. The van der Waals surface area contributed by atoms with Gasteiger partial charge in [-0.15, -0.1) is 0 Å². The van der Waals surface area contributed by atoms with Gasteiger partial charge in [0.2, 0.25) is 0 Å². The van der Waals surface area contributed by atoms with Gasteiger partial charge in [0, 0.05) is 45.9 Å². The summed E-state index contributed by atoms with van der Waals surface area (Å²) in [5.41, 5.74) is 0.289. The summed E-state index contributed by atoms with van der Waals surface area (Å²) in [5, 5.41) is 8.95. The second-order valence-corrected chi connectivity index (χ2v) is 6.85. The summed E-state index contributed by atoms with van der Waals surface area (Å²) in [6, 6.07) is 6.96. The van der Waals surface area contributed by atoms with Crippen molar-refractivity contribution in [3.8, 4) is 0 Å². The molecule has 0 aromatic heterocycles. The lowest BCUT2D eigenvalue weighted by Gasteiger charge is -2.43. The summed E-state index contributed by atoms with van der Waals surface area (Å²) < 4.78 is 23.2. The van der Waals surface area contributed by atoms with Crippen LogP contribution in [0.1, 0.15) is 29.8 Å². The Morgan fingerprint density at radius 3 is 2.12 bits per heavy atom. The standard InChI is InChI=1S/C17H27N2O5P/c1-3-23-17(25-22,24-4-2)19-11-9-18(10-12-19)13-14-5-7-15(8-6-14)16(20)21/h5-8H,3-4,9-13,25H2,1-2H3,(H,20,21). The number of aromatic carboxylic acids is 1. The Balaban J connectivity index is 1.93. The van der Waals surface area contributed by atoms with Crippen molar-refractivity contribution in [1.82, 2.24) is 9.80 Å². The van der Waals surface area contributed by atoms with Crippen molar-refractivity contribution in [1.29, 1.82) is 0 Å². The van der Waals surface area contributed by atoms with Gasteiger partial charge >= 0.3 is 5.97 Å². The van der Waals surface area contributed by atoms with Crippen molar-refractivity contribution >= 4 is 14.4 Å². The third kappa shape index (κ3) is 5.12. The van der Waals surface area contributed by atoms with Gasteiger partial charge < -0.3 is 19.1 Å². The molecule has 0 bridgehead atoms. The van der Waals surface area contributed by atoms with E-state index in [0.717, 1.165) is 25.2 Å². The van der Waals surface area contributed by atoms with Gasteiger partial charge in [-0.2, -0.15) is 0 Å². The Bertz CT molecular complexity index is 567. The van der Waals surface area contributed by atoms with E-state index in [-0.39, 0.29) is 0 Å². The van der Waals surface area contributed by atoms with Crippen LogP contribution >= 0.6 is 8.46 Å². The predicted octanol–water partition coefficient (Wildman–Crippen LogP) is 1.94. The fourth-order valence-electron chi connectivity index (χ4n) is 3.01. The quantitative estimate of drug-likeness (QED) is 0.526. The van der Waals surface area contributed by atoms with Crippen LogP contribution in [0.2, 0.25) is 0 Å². The molecule has 0 radical (unpaired) electrons. The topological polar surface area (TPSA) is 79.3 Å². The SMILES string of the molecule is CCOC(OCC)([PH2]=O)N1CCN(Cc2ccc(C(=O)O)cc2)CC1. The van der Waals surface area contributed by atoms with Gasteiger partial charge in [0.05, 0.1) is 5.56 Å². The predicted molar refractivity (Wildman–Crippen MR) is 96.6 cm³/mol. The molecule has 25 heavy (non-hydrogen) atoms. The van der Waals surface area contributed by atoms with E-state index in [1.54, 1.807) is 12.1 Å². The highest BCUT2D eigenvalue weighted by atomic mass is 31.1. The molecule has 1 N–H and O–H groups in total. The molecule has 1 fully saturated rings. The van der Waals surface area contributed by atoms with Crippen molar-refractivity contribution < 1.29 is 23.9 Å². The molecule has 0 aliphatic carbocycles. The number of carboxylic acids is 1. The van der Waals surface area contributed by atoms with Gasteiger partial charge in [0.15, 0.2) is 0 Å². The molecule has 0 spiro atoms. The minimum atomic E-state index is -1.25. The second kappa shape index (κ2) is 9.46. The Labute approximate surface area is 149 Å². The van der Waals surface area contributed by atoms with E-state index in [2.05, 4.69) is 4.90 Å².